The van der Waals surface area contributed by atoms with Gasteiger partial charge in [0, 0.05) is 18.0 Å². The molecular formula is C17H23N3O. The lowest BCUT2D eigenvalue weighted by molar-refractivity contribution is 0.340. The first-order chi connectivity index (χ1) is 10.3. The molecule has 0 amide bonds. The molecule has 0 radical (unpaired) electrons. The van der Waals surface area contributed by atoms with Gasteiger partial charge < -0.3 is 10.1 Å². The summed E-state index contributed by atoms with van der Waals surface area (Å²) < 4.78 is 7.65. The van der Waals surface area contributed by atoms with Crippen LogP contribution in [0.3, 0.4) is 0 Å². The van der Waals surface area contributed by atoms with Crippen LogP contribution in [0.5, 0.6) is 5.75 Å². The standard InChI is InChI=1S/C17H23N3O/c1-2-21-17-9-5-6-14(12-17)18-13-15-10-11-20(19-15)16-7-3-4-8-16/h5-6,9-12,16,18H,2-4,7-8,13H2,1H3. The van der Waals surface area contributed by atoms with Crippen molar-refractivity contribution in [1.29, 1.82) is 0 Å². The van der Waals surface area contributed by atoms with Gasteiger partial charge in [-0.25, -0.2) is 0 Å². The van der Waals surface area contributed by atoms with Crippen LogP contribution in [0.2, 0.25) is 0 Å². The molecule has 0 saturated heterocycles. The molecular weight excluding hydrogens is 262 g/mol. The summed E-state index contributed by atoms with van der Waals surface area (Å²) in [6, 6.07) is 10.8. The van der Waals surface area contributed by atoms with Crippen LogP contribution in [-0.4, -0.2) is 16.4 Å². The van der Waals surface area contributed by atoms with Gasteiger partial charge in [-0.2, -0.15) is 5.10 Å². The molecule has 0 atom stereocenters. The molecule has 3 rings (SSSR count). The number of ether oxygens (including phenoxy) is 1. The Hall–Kier alpha value is -1.97. The van der Waals surface area contributed by atoms with E-state index in [-0.39, 0.29) is 0 Å². The molecule has 112 valence electrons. The van der Waals surface area contributed by atoms with E-state index in [4.69, 9.17) is 4.74 Å². The third-order valence-corrected chi connectivity index (χ3v) is 3.98. The Kier molecular flexibility index (Phi) is 4.43. The second-order valence-electron chi connectivity index (χ2n) is 5.54. The molecule has 0 aliphatic heterocycles. The van der Waals surface area contributed by atoms with Gasteiger partial charge in [0.15, 0.2) is 0 Å². The maximum Gasteiger partial charge on any atom is 0.121 e. The summed E-state index contributed by atoms with van der Waals surface area (Å²) in [7, 11) is 0. The van der Waals surface area contributed by atoms with Gasteiger partial charge in [-0.15, -0.1) is 0 Å². The van der Waals surface area contributed by atoms with Crippen LogP contribution in [0.1, 0.15) is 44.3 Å². The molecule has 1 heterocycles. The Bertz CT molecular complexity index is 573. The average molecular weight is 285 g/mol. The zero-order chi connectivity index (χ0) is 14.5. The van der Waals surface area contributed by atoms with E-state index in [1.54, 1.807) is 0 Å². The monoisotopic (exact) mass is 285 g/mol. The summed E-state index contributed by atoms with van der Waals surface area (Å²) in [6.45, 7) is 3.43. The van der Waals surface area contributed by atoms with Crippen LogP contribution in [-0.2, 0) is 6.54 Å². The highest BCUT2D eigenvalue weighted by atomic mass is 16.5. The summed E-state index contributed by atoms with van der Waals surface area (Å²) >= 11 is 0. The minimum Gasteiger partial charge on any atom is -0.494 e. The van der Waals surface area contributed by atoms with E-state index >= 15 is 0 Å². The van der Waals surface area contributed by atoms with Crippen LogP contribution in [0.25, 0.3) is 0 Å². The van der Waals surface area contributed by atoms with Gasteiger partial charge >= 0.3 is 0 Å². The molecule has 0 bridgehead atoms. The lowest BCUT2D eigenvalue weighted by Gasteiger charge is -2.09. The van der Waals surface area contributed by atoms with Crippen molar-refractivity contribution >= 4 is 5.69 Å². The third-order valence-electron chi connectivity index (χ3n) is 3.98. The Labute approximate surface area is 126 Å². The van der Waals surface area contributed by atoms with E-state index in [0.717, 1.165) is 23.7 Å². The van der Waals surface area contributed by atoms with Gasteiger partial charge in [-0.1, -0.05) is 18.9 Å². The number of hydrogen-bond donors (Lipinski definition) is 1. The van der Waals surface area contributed by atoms with E-state index in [1.807, 2.05) is 25.1 Å². The Balaban J connectivity index is 1.58. The fraction of sp³-hybridized carbons (Fsp3) is 0.471. The highest BCUT2D eigenvalue weighted by molar-refractivity contribution is 5.48. The zero-order valence-corrected chi connectivity index (χ0v) is 12.6. The minimum absolute atomic E-state index is 0.611. The Morgan fingerprint density at radius 1 is 1.29 bits per heavy atom. The van der Waals surface area contributed by atoms with Gasteiger partial charge in [0.25, 0.3) is 0 Å². The van der Waals surface area contributed by atoms with Crippen molar-refractivity contribution < 1.29 is 4.74 Å². The average Bonchev–Trinajstić information content (AvgIpc) is 3.17. The number of benzene rings is 1. The summed E-state index contributed by atoms with van der Waals surface area (Å²) in [6.07, 6.45) is 7.32. The first-order valence-corrected chi connectivity index (χ1v) is 7.86. The van der Waals surface area contributed by atoms with Gasteiger partial charge in [0.05, 0.1) is 24.9 Å². The number of aromatic nitrogens is 2. The highest BCUT2D eigenvalue weighted by Crippen LogP contribution is 2.28. The lowest BCUT2D eigenvalue weighted by atomic mass is 10.3. The van der Waals surface area contributed by atoms with Crippen LogP contribution in [0.15, 0.2) is 36.5 Å². The number of rotatable bonds is 6. The van der Waals surface area contributed by atoms with Crippen LogP contribution < -0.4 is 10.1 Å². The Morgan fingerprint density at radius 3 is 2.95 bits per heavy atom. The first-order valence-electron chi connectivity index (χ1n) is 7.86. The fourth-order valence-corrected chi connectivity index (χ4v) is 2.90. The number of nitrogens with one attached hydrogen (secondary N) is 1. The van der Waals surface area contributed by atoms with E-state index in [2.05, 4.69) is 33.4 Å². The second kappa shape index (κ2) is 6.66. The number of nitrogens with zero attached hydrogens (tertiary/aromatic N) is 2. The van der Waals surface area contributed by atoms with Crippen molar-refractivity contribution in [3.63, 3.8) is 0 Å². The van der Waals surface area contributed by atoms with Crippen molar-refractivity contribution in [3.8, 4) is 5.75 Å². The van der Waals surface area contributed by atoms with Crippen molar-refractivity contribution in [3.05, 3.63) is 42.2 Å². The van der Waals surface area contributed by atoms with E-state index in [0.29, 0.717) is 12.6 Å². The maximum atomic E-state index is 5.51. The first kappa shape index (κ1) is 14.0. The SMILES string of the molecule is CCOc1cccc(NCc2ccn(C3CCCC3)n2)c1. The van der Waals surface area contributed by atoms with Gasteiger partial charge in [0.2, 0.25) is 0 Å². The van der Waals surface area contributed by atoms with E-state index in [9.17, 15) is 0 Å². The molecule has 1 saturated carbocycles. The summed E-state index contributed by atoms with van der Waals surface area (Å²) in [4.78, 5) is 0. The van der Waals surface area contributed by atoms with Crippen molar-refractivity contribution in [2.75, 3.05) is 11.9 Å². The van der Waals surface area contributed by atoms with Crippen molar-refractivity contribution in [2.45, 2.75) is 45.2 Å². The molecule has 1 aliphatic carbocycles. The molecule has 2 aromatic rings. The summed E-state index contributed by atoms with van der Waals surface area (Å²) in [5.74, 6) is 0.902. The van der Waals surface area contributed by atoms with Gasteiger partial charge in [0.1, 0.15) is 5.75 Å². The van der Waals surface area contributed by atoms with Crippen LogP contribution in [0.4, 0.5) is 5.69 Å². The third kappa shape index (κ3) is 3.57. The molecule has 0 spiro atoms. The smallest absolute Gasteiger partial charge is 0.121 e. The molecule has 4 nitrogen and oxygen atoms in total. The van der Waals surface area contributed by atoms with E-state index in [1.165, 1.54) is 25.7 Å². The molecule has 1 N–H and O–H groups in total. The highest BCUT2D eigenvalue weighted by Gasteiger charge is 2.17. The molecule has 1 aromatic heterocycles. The number of hydrogen-bond acceptors (Lipinski definition) is 3. The topological polar surface area (TPSA) is 39.1 Å². The van der Waals surface area contributed by atoms with Crippen molar-refractivity contribution in [1.82, 2.24) is 9.78 Å². The van der Waals surface area contributed by atoms with Crippen LogP contribution in [0, 0.1) is 0 Å². The lowest BCUT2D eigenvalue weighted by Crippen LogP contribution is -2.07. The molecule has 21 heavy (non-hydrogen) atoms. The number of anilines is 1. The molecule has 0 unspecified atom stereocenters. The quantitative estimate of drug-likeness (QED) is 0.871. The van der Waals surface area contributed by atoms with Gasteiger partial charge in [-0.05, 0) is 38.0 Å². The van der Waals surface area contributed by atoms with Gasteiger partial charge in [-0.3, -0.25) is 4.68 Å². The predicted molar refractivity (Wildman–Crippen MR) is 84.7 cm³/mol. The zero-order valence-electron chi connectivity index (χ0n) is 12.6. The maximum absolute atomic E-state index is 5.51. The predicted octanol–water partition coefficient (Wildman–Crippen LogP) is 4.01. The molecule has 4 heteroatoms. The molecule has 1 aliphatic rings. The van der Waals surface area contributed by atoms with Crippen molar-refractivity contribution in [2.24, 2.45) is 0 Å². The largest absolute Gasteiger partial charge is 0.494 e. The van der Waals surface area contributed by atoms with E-state index < -0.39 is 0 Å². The fourth-order valence-electron chi connectivity index (χ4n) is 2.90. The normalized spacial score (nSPS) is 15.3. The summed E-state index contributed by atoms with van der Waals surface area (Å²) in [5.41, 5.74) is 2.15. The summed E-state index contributed by atoms with van der Waals surface area (Å²) in [5, 5.41) is 8.10. The Morgan fingerprint density at radius 2 is 2.14 bits per heavy atom. The van der Waals surface area contributed by atoms with Crippen LogP contribution >= 0.6 is 0 Å². The molecule has 1 aromatic carbocycles. The minimum atomic E-state index is 0.611. The molecule has 1 fully saturated rings. The second-order valence-corrected chi connectivity index (χ2v) is 5.54.